The van der Waals surface area contributed by atoms with Crippen LogP contribution in [0.3, 0.4) is 0 Å². The van der Waals surface area contributed by atoms with Gasteiger partial charge >= 0.3 is 5.97 Å². The average Bonchev–Trinajstić information content (AvgIpc) is 2.36. The summed E-state index contributed by atoms with van der Waals surface area (Å²) in [5.74, 6) is -1.16. The number of carboxylic acids is 1. The first-order valence-electron chi connectivity index (χ1n) is 3.55. The summed E-state index contributed by atoms with van der Waals surface area (Å²) in [6.45, 7) is 1.90. The van der Waals surface area contributed by atoms with Crippen molar-refractivity contribution in [3.05, 3.63) is 21.9 Å². The Labute approximate surface area is 74.3 Å². The Morgan fingerprint density at radius 3 is 2.83 bits per heavy atom. The van der Waals surface area contributed by atoms with Crippen LogP contribution in [0.1, 0.15) is 10.4 Å². The summed E-state index contributed by atoms with van der Waals surface area (Å²) in [6.07, 6.45) is -1.07. The fourth-order valence-corrected chi connectivity index (χ4v) is 1.82. The number of aliphatic hydroxyl groups is 1. The van der Waals surface area contributed by atoms with E-state index in [1.165, 1.54) is 11.3 Å². The lowest BCUT2D eigenvalue weighted by molar-refractivity contribution is -0.146. The molecule has 0 fully saturated rings. The third kappa shape index (κ3) is 2.06. The van der Waals surface area contributed by atoms with Crippen LogP contribution in [-0.2, 0) is 11.2 Å². The number of carbonyl (C=O) groups is 1. The molecule has 2 N–H and O–H groups in total. The Morgan fingerprint density at radius 1 is 1.75 bits per heavy atom. The number of aliphatic carboxylic acids is 1. The number of rotatable bonds is 3. The summed E-state index contributed by atoms with van der Waals surface area (Å²) >= 11 is 1.47. The summed E-state index contributed by atoms with van der Waals surface area (Å²) in [5, 5.41) is 19.3. The van der Waals surface area contributed by atoms with Gasteiger partial charge in [0.15, 0.2) is 6.10 Å². The Balaban J connectivity index is 2.64. The predicted molar refractivity (Wildman–Crippen MR) is 46.4 cm³/mol. The van der Waals surface area contributed by atoms with Crippen molar-refractivity contribution >= 4 is 17.3 Å². The fraction of sp³-hybridized carbons (Fsp3) is 0.375. The first-order chi connectivity index (χ1) is 5.61. The number of hydrogen-bond acceptors (Lipinski definition) is 3. The molecule has 66 valence electrons. The number of aliphatic hydroxyl groups excluding tert-OH is 1. The van der Waals surface area contributed by atoms with E-state index in [1.54, 1.807) is 0 Å². The molecule has 12 heavy (non-hydrogen) atoms. The Morgan fingerprint density at radius 2 is 2.42 bits per heavy atom. The molecule has 1 aromatic rings. The topological polar surface area (TPSA) is 57.5 Å². The Kier molecular flexibility index (Phi) is 2.83. The number of thiophene rings is 1. The molecule has 0 saturated heterocycles. The fourth-order valence-electron chi connectivity index (χ4n) is 0.876. The van der Waals surface area contributed by atoms with E-state index in [-0.39, 0.29) is 6.42 Å². The van der Waals surface area contributed by atoms with Crippen molar-refractivity contribution < 1.29 is 15.0 Å². The number of carboxylic acid groups (broad SMARTS) is 1. The van der Waals surface area contributed by atoms with Gasteiger partial charge in [0.1, 0.15) is 0 Å². The summed E-state index contributed by atoms with van der Waals surface area (Å²) in [5.41, 5.74) is 1.04. The normalized spacial score (nSPS) is 12.8. The van der Waals surface area contributed by atoms with Gasteiger partial charge in [0.05, 0.1) is 0 Å². The largest absolute Gasteiger partial charge is 0.479 e. The number of hydrogen-bond donors (Lipinski definition) is 2. The van der Waals surface area contributed by atoms with Crippen LogP contribution >= 0.6 is 11.3 Å². The SMILES string of the molecule is Cc1ccsc1CC(O)C(=O)O. The minimum atomic E-state index is -1.28. The highest BCUT2D eigenvalue weighted by Gasteiger charge is 2.15. The lowest BCUT2D eigenvalue weighted by Gasteiger charge is -2.03. The molecule has 1 unspecified atom stereocenters. The predicted octanol–water partition coefficient (Wildman–Crippen LogP) is 1.04. The molecule has 0 aliphatic carbocycles. The molecule has 4 heteroatoms. The first-order valence-corrected chi connectivity index (χ1v) is 4.43. The molecule has 0 aliphatic heterocycles. The summed E-state index contributed by atoms with van der Waals surface area (Å²) < 4.78 is 0. The second-order valence-corrected chi connectivity index (χ2v) is 3.59. The molecule has 0 aromatic carbocycles. The molecule has 1 heterocycles. The molecule has 0 aliphatic rings. The minimum Gasteiger partial charge on any atom is -0.479 e. The first kappa shape index (κ1) is 9.22. The maximum absolute atomic E-state index is 10.3. The van der Waals surface area contributed by atoms with Crippen molar-refractivity contribution in [3.63, 3.8) is 0 Å². The average molecular weight is 186 g/mol. The highest BCUT2D eigenvalue weighted by molar-refractivity contribution is 7.10. The highest BCUT2D eigenvalue weighted by Crippen LogP contribution is 2.17. The van der Waals surface area contributed by atoms with Crippen molar-refractivity contribution in [3.8, 4) is 0 Å². The third-order valence-electron chi connectivity index (χ3n) is 1.63. The van der Waals surface area contributed by atoms with Crippen LogP contribution in [0.25, 0.3) is 0 Å². The van der Waals surface area contributed by atoms with Gasteiger partial charge in [-0.2, -0.15) is 0 Å². The zero-order valence-electron chi connectivity index (χ0n) is 6.65. The molecule has 1 atom stereocenters. The molecule has 0 spiro atoms. The smallest absolute Gasteiger partial charge is 0.332 e. The molecule has 0 saturated carbocycles. The van der Waals surface area contributed by atoms with E-state index >= 15 is 0 Å². The lowest BCUT2D eigenvalue weighted by atomic mass is 10.2. The van der Waals surface area contributed by atoms with Gasteiger partial charge < -0.3 is 10.2 Å². The van der Waals surface area contributed by atoms with Gasteiger partial charge in [-0.15, -0.1) is 11.3 Å². The summed E-state index contributed by atoms with van der Waals surface area (Å²) in [6, 6.07) is 1.91. The highest BCUT2D eigenvalue weighted by atomic mass is 32.1. The van der Waals surface area contributed by atoms with Gasteiger partial charge in [0.2, 0.25) is 0 Å². The van der Waals surface area contributed by atoms with Gasteiger partial charge in [0.25, 0.3) is 0 Å². The van der Waals surface area contributed by atoms with Crippen LogP contribution in [0, 0.1) is 6.92 Å². The van der Waals surface area contributed by atoms with Crippen LogP contribution in [0.5, 0.6) is 0 Å². The van der Waals surface area contributed by atoms with Crippen LogP contribution in [0.15, 0.2) is 11.4 Å². The quantitative estimate of drug-likeness (QED) is 0.741. The van der Waals surface area contributed by atoms with Crippen LogP contribution in [0.2, 0.25) is 0 Å². The van der Waals surface area contributed by atoms with E-state index in [0.29, 0.717) is 0 Å². The van der Waals surface area contributed by atoms with Crippen LogP contribution in [0.4, 0.5) is 0 Å². The van der Waals surface area contributed by atoms with Crippen molar-refractivity contribution in [2.24, 2.45) is 0 Å². The maximum Gasteiger partial charge on any atom is 0.332 e. The zero-order chi connectivity index (χ0) is 9.14. The van der Waals surface area contributed by atoms with Crippen LogP contribution < -0.4 is 0 Å². The van der Waals surface area contributed by atoms with E-state index in [2.05, 4.69) is 0 Å². The second-order valence-electron chi connectivity index (χ2n) is 2.58. The Bertz CT molecular complexity index is 280. The molecule has 1 rings (SSSR count). The van der Waals surface area contributed by atoms with Gasteiger partial charge in [-0.05, 0) is 23.9 Å². The van der Waals surface area contributed by atoms with E-state index < -0.39 is 12.1 Å². The minimum absolute atomic E-state index is 0.207. The monoisotopic (exact) mass is 186 g/mol. The second kappa shape index (κ2) is 3.69. The standard InChI is InChI=1S/C8H10O3S/c1-5-2-3-12-7(5)4-6(9)8(10)11/h2-3,6,9H,4H2,1H3,(H,10,11). The molecular formula is C8H10O3S. The molecule has 1 aromatic heterocycles. The molecular weight excluding hydrogens is 176 g/mol. The van der Waals surface area contributed by atoms with Gasteiger partial charge in [-0.3, -0.25) is 0 Å². The summed E-state index contributed by atoms with van der Waals surface area (Å²) in [4.78, 5) is 11.2. The maximum atomic E-state index is 10.3. The van der Waals surface area contributed by atoms with Gasteiger partial charge in [0, 0.05) is 11.3 Å². The van der Waals surface area contributed by atoms with Gasteiger partial charge in [-0.1, -0.05) is 0 Å². The molecule has 0 radical (unpaired) electrons. The van der Waals surface area contributed by atoms with E-state index in [4.69, 9.17) is 10.2 Å². The molecule has 3 nitrogen and oxygen atoms in total. The van der Waals surface area contributed by atoms with Crippen molar-refractivity contribution in [2.45, 2.75) is 19.4 Å². The van der Waals surface area contributed by atoms with Gasteiger partial charge in [-0.25, -0.2) is 4.79 Å². The van der Waals surface area contributed by atoms with E-state index in [9.17, 15) is 4.79 Å². The lowest BCUT2D eigenvalue weighted by Crippen LogP contribution is -2.21. The Hall–Kier alpha value is -0.870. The van der Waals surface area contributed by atoms with Crippen LogP contribution in [-0.4, -0.2) is 22.3 Å². The summed E-state index contributed by atoms with van der Waals surface area (Å²) in [7, 11) is 0. The zero-order valence-corrected chi connectivity index (χ0v) is 7.47. The third-order valence-corrected chi connectivity index (χ3v) is 2.68. The van der Waals surface area contributed by atoms with Crippen molar-refractivity contribution in [1.82, 2.24) is 0 Å². The van der Waals surface area contributed by atoms with Crippen molar-refractivity contribution in [2.75, 3.05) is 0 Å². The number of aryl methyl sites for hydroxylation is 1. The van der Waals surface area contributed by atoms with E-state index in [1.807, 2.05) is 18.4 Å². The van der Waals surface area contributed by atoms with E-state index in [0.717, 1.165) is 10.4 Å². The molecule has 0 amide bonds. The van der Waals surface area contributed by atoms with Crippen molar-refractivity contribution in [1.29, 1.82) is 0 Å². The molecule has 0 bridgehead atoms.